The highest BCUT2D eigenvalue weighted by atomic mass is 79.9. The molecule has 0 saturated carbocycles. The number of rotatable bonds is 7. The van der Waals surface area contributed by atoms with E-state index >= 15 is 0 Å². The number of alkyl halides is 18. The minimum Gasteiger partial charge on any atom is -0.192 e. The van der Waals surface area contributed by atoms with Gasteiger partial charge >= 0.3 is 45.7 Å². The topological polar surface area (TPSA) is 0 Å². The summed E-state index contributed by atoms with van der Waals surface area (Å²) < 4.78 is 203. The highest BCUT2D eigenvalue weighted by Gasteiger charge is 2.94. The Balaban J connectivity index is 6.61. The van der Waals surface area contributed by atoms with Gasteiger partial charge in [-0.1, -0.05) is 0 Å². The highest BCUT2D eigenvalue weighted by Crippen LogP contribution is 2.64. The van der Waals surface area contributed by atoms with Gasteiger partial charge in [0, 0.05) is 0 Å². The monoisotopic (exact) mass is 514 g/mol. The highest BCUT2D eigenvalue weighted by molar-refractivity contribution is 9.10. The Hall–Kier alpha value is -0.350. The number of hydrogen-bond acceptors (Lipinski definition) is 0. The van der Waals surface area contributed by atoms with Crippen LogP contribution in [0.5, 0.6) is 0 Å². The third kappa shape index (κ3) is 3.09. The van der Waals surface area contributed by atoms with Crippen LogP contribution >= 0.6 is 27.5 Å². The van der Waals surface area contributed by atoms with Gasteiger partial charge in [-0.2, -0.15) is 70.2 Å². The van der Waals surface area contributed by atoms with Gasteiger partial charge in [-0.05, 0) is 27.5 Å². The Bertz CT molecular complexity index is 479. The van der Waals surface area contributed by atoms with Crippen molar-refractivity contribution >= 4 is 27.5 Å². The Morgan fingerprint density at radius 2 is 0.577 bits per heavy atom. The van der Waals surface area contributed by atoms with Crippen LogP contribution in [0, 0.1) is 0 Å². The van der Waals surface area contributed by atoms with Crippen molar-refractivity contribution in [2.75, 3.05) is 0 Å². The fourth-order valence-electron chi connectivity index (χ4n) is 1.14. The van der Waals surface area contributed by atoms with E-state index in [1.807, 2.05) is 0 Å². The predicted molar refractivity (Wildman–Crippen MR) is 54.4 cm³/mol. The van der Waals surface area contributed by atoms with Gasteiger partial charge < -0.3 is 0 Å². The molecule has 0 saturated heterocycles. The van der Waals surface area contributed by atoms with Crippen LogP contribution in [0.15, 0.2) is 0 Å². The van der Waals surface area contributed by atoms with Gasteiger partial charge in [-0.15, -0.1) is 0 Å². The van der Waals surface area contributed by atoms with Gasteiger partial charge in [0.15, 0.2) is 0 Å². The van der Waals surface area contributed by atoms with Crippen LogP contribution in [0.2, 0.25) is 0 Å². The van der Waals surface area contributed by atoms with Gasteiger partial charge in [0.25, 0.3) is 0 Å². The first kappa shape index (κ1) is 25.6. The van der Waals surface area contributed by atoms with E-state index in [0.29, 0.717) is 15.9 Å². The van der Waals surface area contributed by atoms with Crippen molar-refractivity contribution in [3.8, 4) is 0 Å². The summed E-state index contributed by atoms with van der Waals surface area (Å²) in [5, 5.41) is -6.77. The average Bonchev–Trinajstić information content (AvgIpc) is 2.34. The molecule has 158 valence electrons. The van der Waals surface area contributed by atoms with E-state index in [9.17, 15) is 70.2 Å². The Labute approximate surface area is 144 Å². The molecule has 0 aromatic carbocycles. The molecule has 0 nitrogen and oxygen atoms in total. The summed E-state index contributed by atoms with van der Waals surface area (Å²) in [5.74, 6) is -48.5. The standard InChI is InChI=1S/C8BrClF16/c9-7(23,24)5(19,20)3(15,16)1(11,12)2(13,14)4(17,18)6(21,22)8(10,25)26. The molecule has 0 atom stereocenters. The van der Waals surface area contributed by atoms with Crippen LogP contribution in [0.1, 0.15) is 0 Å². The molecule has 0 heterocycles. The van der Waals surface area contributed by atoms with Crippen molar-refractivity contribution in [3.05, 3.63) is 0 Å². The maximum Gasteiger partial charge on any atom is 0.393 e. The zero-order valence-corrected chi connectivity index (χ0v) is 13.1. The summed E-state index contributed by atoms with van der Waals surface area (Å²) in [6, 6.07) is 0. The lowest BCUT2D eigenvalue weighted by molar-refractivity contribution is -0.443. The average molecular weight is 515 g/mol. The van der Waals surface area contributed by atoms with E-state index in [0.717, 1.165) is 0 Å². The normalized spacial score (nSPS) is 16.8. The van der Waals surface area contributed by atoms with E-state index in [1.54, 1.807) is 0 Å². The molecule has 0 radical (unpaired) electrons. The van der Waals surface area contributed by atoms with Crippen molar-refractivity contribution in [1.82, 2.24) is 0 Å². The number of hydrogen-bond donors (Lipinski definition) is 0. The Morgan fingerprint density at radius 3 is 0.769 bits per heavy atom. The van der Waals surface area contributed by atoms with Crippen LogP contribution in [0.25, 0.3) is 0 Å². The van der Waals surface area contributed by atoms with Crippen molar-refractivity contribution in [2.24, 2.45) is 0 Å². The van der Waals surface area contributed by atoms with Gasteiger partial charge in [0.2, 0.25) is 0 Å². The van der Waals surface area contributed by atoms with E-state index in [-0.39, 0.29) is 0 Å². The fraction of sp³-hybridized carbons (Fsp3) is 1.00. The molecule has 0 fully saturated rings. The van der Waals surface area contributed by atoms with Crippen LogP contribution < -0.4 is 0 Å². The molecule has 0 amide bonds. The van der Waals surface area contributed by atoms with Crippen molar-refractivity contribution in [1.29, 1.82) is 0 Å². The second kappa shape index (κ2) is 6.07. The quantitative estimate of drug-likeness (QED) is 0.264. The summed E-state index contributed by atoms with van der Waals surface area (Å²) in [7, 11) is 0. The summed E-state index contributed by atoms with van der Waals surface area (Å²) in [4.78, 5) is -6.45. The van der Waals surface area contributed by atoms with Crippen LogP contribution in [0.4, 0.5) is 70.2 Å². The summed E-state index contributed by atoms with van der Waals surface area (Å²) in [6.07, 6.45) is 0. The SMILES string of the molecule is FC(F)(Cl)C(F)(F)C(F)(F)C(F)(F)C(F)(F)C(F)(F)C(F)(F)C(F)(F)Br. The van der Waals surface area contributed by atoms with Gasteiger partial charge in [-0.25, -0.2) is 0 Å². The molecule has 0 N–H and O–H groups in total. The van der Waals surface area contributed by atoms with Gasteiger partial charge in [-0.3, -0.25) is 0 Å². The van der Waals surface area contributed by atoms with E-state index < -0.39 is 45.7 Å². The summed E-state index contributed by atoms with van der Waals surface area (Å²) in [5.41, 5.74) is 0. The molecule has 0 aromatic heterocycles. The lowest BCUT2D eigenvalue weighted by Gasteiger charge is -2.42. The molecule has 18 heteroatoms. The van der Waals surface area contributed by atoms with Crippen molar-refractivity contribution in [2.45, 2.75) is 45.7 Å². The first-order chi connectivity index (χ1) is 10.8. The van der Waals surface area contributed by atoms with Crippen LogP contribution in [-0.4, -0.2) is 45.7 Å². The van der Waals surface area contributed by atoms with E-state index in [1.165, 1.54) is 0 Å². The van der Waals surface area contributed by atoms with Crippen LogP contribution in [0.3, 0.4) is 0 Å². The minimum absolute atomic E-state index is 0.398. The maximum atomic E-state index is 13.0. The lowest BCUT2D eigenvalue weighted by atomic mass is 9.91. The molecule has 0 bridgehead atoms. The molecule has 0 aliphatic carbocycles. The lowest BCUT2D eigenvalue weighted by Crippen LogP contribution is -2.73. The molecule has 0 unspecified atom stereocenters. The third-order valence-corrected chi connectivity index (χ3v) is 3.42. The molecule has 0 aromatic rings. The maximum absolute atomic E-state index is 13.0. The summed E-state index contributed by atoms with van der Waals surface area (Å²) >= 11 is 3.74. The number of halogens is 18. The van der Waals surface area contributed by atoms with Crippen molar-refractivity contribution < 1.29 is 70.2 Å². The van der Waals surface area contributed by atoms with Crippen LogP contribution in [-0.2, 0) is 0 Å². The second-order valence-corrected chi connectivity index (χ2v) is 5.91. The first-order valence-corrected chi connectivity index (χ1v) is 6.32. The molecular formula is C8BrClF16. The Morgan fingerprint density at radius 1 is 0.385 bits per heavy atom. The molecular weight excluding hydrogens is 515 g/mol. The first-order valence-electron chi connectivity index (χ1n) is 5.15. The van der Waals surface area contributed by atoms with Gasteiger partial charge in [0.05, 0.1) is 0 Å². The molecule has 26 heavy (non-hydrogen) atoms. The molecule has 0 aliphatic rings. The predicted octanol–water partition coefficient (Wildman–Crippen LogP) is 6.62. The third-order valence-electron chi connectivity index (χ3n) is 2.68. The fourth-order valence-corrected chi connectivity index (χ4v) is 1.51. The largest absolute Gasteiger partial charge is 0.393 e. The molecule has 0 spiro atoms. The van der Waals surface area contributed by atoms with E-state index in [4.69, 9.17) is 0 Å². The zero-order valence-electron chi connectivity index (χ0n) is 10.8. The smallest absolute Gasteiger partial charge is 0.192 e. The summed E-state index contributed by atoms with van der Waals surface area (Å²) in [6.45, 7) is 0. The zero-order chi connectivity index (χ0) is 22.0. The second-order valence-electron chi connectivity index (χ2n) is 4.44. The minimum atomic E-state index is -8.42. The van der Waals surface area contributed by atoms with E-state index in [2.05, 4.69) is 11.6 Å². The van der Waals surface area contributed by atoms with Gasteiger partial charge in [0.1, 0.15) is 0 Å². The molecule has 0 rings (SSSR count). The Kier molecular flexibility index (Phi) is 5.99. The molecule has 0 aliphatic heterocycles. The van der Waals surface area contributed by atoms with Crippen molar-refractivity contribution in [3.63, 3.8) is 0 Å².